The van der Waals surface area contributed by atoms with Crippen LogP contribution in [0.5, 0.6) is 5.75 Å². The number of ether oxygens (including phenoxy) is 1. The van der Waals surface area contributed by atoms with Crippen LogP contribution in [0, 0.1) is 5.82 Å². The number of methoxy groups -OCH3 is 1. The Hall–Kier alpha value is -4.22. The average Bonchev–Trinajstić information content (AvgIpc) is 3.36. The Kier molecular flexibility index (Phi) is 9.04. The van der Waals surface area contributed by atoms with Gasteiger partial charge in [0, 0.05) is 42.9 Å². The van der Waals surface area contributed by atoms with Crippen LogP contribution in [0.2, 0.25) is 0 Å². The van der Waals surface area contributed by atoms with Crippen molar-refractivity contribution in [2.24, 2.45) is 0 Å². The summed E-state index contributed by atoms with van der Waals surface area (Å²) in [4.78, 5) is 7.56. The van der Waals surface area contributed by atoms with Crippen molar-refractivity contribution >= 4 is 0 Å². The summed E-state index contributed by atoms with van der Waals surface area (Å²) in [6.45, 7) is 4.84. The molecule has 0 aliphatic rings. The highest BCUT2D eigenvalue weighted by Gasteiger charge is 2.22. The number of benzene rings is 4. The monoisotopic (exact) mass is 533 g/mol. The van der Waals surface area contributed by atoms with Gasteiger partial charge in [-0.15, -0.1) is 0 Å². The van der Waals surface area contributed by atoms with E-state index in [0.29, 0.717) is 25.2 Å². The Morgan fingerprint density at radius 2 is 1.40 bits per heavy atom. The highest BCUT2D eigenvalue weighted by atomic mass is 19.1. The van der Waals surface area contributed by atoms with Gasteiger partial charge in [-0.3, -0.25) is 4.90 Å². The van der Waals surface area contributed by atoms with Crippen LogP contribution in [0.25, 0.3) is 22.6 Å². The molecule has 0 saturated carbocycles. The van der Waals surface area contributed by atoms with Gasteiger partial charge in [-0.05, 0) is 30.2 Å². The molecule has 0 fully saturated rings. The first-order chi connectivity index (χ1) is 19.7. The molecule has 5 aromatic rings. The van der Waals surface area contributed by atoms with Crippen LogP contribution in [0.15, 0.2) is 109 Å². The smallest absolute Gasteiger partial charge is 0.140 e. The summed E-state index contributed by atoms with van der Waals surface area (Å²) >= 11 is 0. The van der Waals surface area contributed by atoms with E-state index in [9.17, 15) is 4.39 Å². The molecule has 0 aliphatic carbocycles. The first kappa shape index (κ1) is 27.4. The van der Waals surface area contributed by atoms with Gasteiger partial charge in [0.1, 0.15) is 17.4 Å². The third kappa shape index (κ3) is 6.49. The van der Waals surface area contributed by atoms with Gasteiger partial charge >= 0.3 is 0 Å². The van der Waals surface area contributed by atoms with Crippen LogP contribution in [-0.2, 0) is 26.2 Å². The van der Waals surface area contributed by atoms with Crippen molar-refractivity contribution in [2.75, 3.05) is 7.11 Å². The van der Waals surface area contributed by atoms with Gasteiger partial charge in [-0.25, -0.2) is 9.37 Å². The Bertz CT molecular complexity index is 1500. The number of nitrogens with zero attached hydrogens (tertiary/aromatic N) is 3. The lowest BCUT2D eigenvalue weighted by molar-refractivity contribution is 0.238. The molecule has 5 rings (SSSR count). The van der Waals surface area contributed by atoms with E-state index in [1.54, 1.807) is 13.2 Å². The molecule has 0 atom stereocenters. The average molecular weight is 534 g/mol. The maximum Gasteiger partial charge on any atom is 0.140 e. The highest BCUT2D eigenvalue weighted by Crippen LogP contribution is 2.32. The van der Waals surface area contributed by atoms with Crippen LogP contribution in [-0.4, -0.2) is 21.6 Å². The zero-order valence-corrected chi connectivity index (χ0v) is 23.3. The SMILES string of the molecule is CCCCn1c(-c2ccccc2)nc(-c2ccccc2)c1CN(Cc1ccc(OC)cc1)Cc1ccccc1F. The van der Waals surface area contributed by atoms with Crippen LogP contribution in [0.4, 0.5) is 4.39 Å². The summed E-state index contributed by atoms with van der Waals surface area (Å²) < 4.78 is 22.6. The van der Waals surface area contributed by atoms with Crippen molar-refractivity contribution in [3.8, 4) is 28.4 Å². The number of halogens is 1. The lowest BCUT2D eigenvalue weighted by Crippen LogP contribution is -2.25. The standard InChI is InChI=1S/C35H36FN3O/c1-3-4-23-39-33(34(28-13-7-5-8-14-28)37-35(39)29-15-9-6-10-16-29)26-38(25-30-17-11-12-18-32(30)36)24-27-19-21-31(40-2)22-20-27/h5-22H,3-4,23-26H2,1-2H3. The number of aromatic nitrogens is 2. The Balaban J connectivity index is 1.61. The van der Waals surface area contributed by atoms with Gasteiger partial charge in [-0.1, -0.05) is 104 Å². The van der Waals surface area contributed by atoms with Crippen LogP contribution in [0.1, 0.15) is 36.6 Å². The molecule has 5 heteroatoms. The van der Waals surface area contributed by atoms with E-state index in [-0.39, 0.29) is 5.82 Å². The fourth-order valence-electron chi connectivity index (χ4n) is 5.07. The Morgan fingerprint density at radius 1 is 0.750 bits per heavy atom. The van der Waals surface area contributed by atoms with Gasteiger partial charge in [0.2, 0.25) is 0 Å². The minimum Gasteiger partial charge on any atom is -0.497 e. The minimum absolute atomic E-state index is 0.185. The molecule has 1 heterocycles. The molecular formula is C35H36FN3O. The third-order valence-corrected chi connectivity index (χ3v) is 7.18. The topological polar surface area (TPSA) is 30.3 Å². The number of hydrogen-bond acceptors (Lipinski definition) is 3. The van der Waals surface area contributed by atoms with Gasteiger partial charge in [0.25, 0.3) is 0 Å². The summed E-state index contributed by atoms with van der Waals surface area (Å²) in [6.07, 6.45) is 2.13. The first-order valence-corrected chi connectivity index (χ1v) is 13.9. The molecule has 0 N–H and O–H groups in total. The minimum atomic E-state index is -0.185. The fourth-order valence-corrected chi connectivity index (χ4v) is 5.07. The van der Waals surface area contributed by atoms with Crippen LogP contribution >= 0.6 is 0 Å². The Morgan fingerprint density at radius 3 is 2.05 bits per heavy atom. The number of rotatable bonds is 12. The van der Waals surface area contributed by atoms with Gasteiger partial charge in [-0.2, -0.15) is 0 Å². The molecule has 0 unspecified atom stereocenters. The lowest BCUT2D eigenvalue weighted by atomic mass is 10.1. The lowest BCUT2D eigenvalue weighted by Gasteiger charge is -2.25. The zero-order chi connectivity index (χ0) is 27.7. The quantitative estimate of drug-likeness (QED) is 0.161. The van der Waals surface area contributed by atoms with Crippen molar-refractivity contribution < 1.29 is 9.13 Å². The summed E-state index contributed by atoms with van der Waals surface area (Å²) in [5.41, 5.74) is 6.12. The fraction of sp³-hybridized carbons (Fsp3) is 0.229. The van der Waals surface area contributed by atoms with Crippen LogP contribution in [0.3, 0.4) is 0 Å². The van der Waals surface area contributed by atoms with E-state index in [1.165, 1.54) is 6.07 Å². The summed E-state index contributed by atoms with van der Waals surface area (Å²) in [5, 5.41) is 0. The zero-order valence-electron chi connectivity index (χ0n) is 23.3. The molecule has 204 valence electrons. The molecule has 0 bridgehead atoms. The summed E-state index contributed by atoms with van der Waals surface area (Å²) in [7, 11) is 1.67. The molecule has 0 aliphatic heterocycles. The molecule has 4 aromatic carbocycles. The van der Waals surface area contributed by atoms with Crippen molar-refractivity contribution in [1.82, 2.24) is 14.5 Å². The largest absolute Gasteiger partial charge is 0.497 e. The van der Waals surface area contributed by atoms with E-state index in [0.717, 1.165) is 59.0 Å². The van der Waals surface area contributed by atoms with E-state index in [1.807, 2.05) is 36.4 Å². The van der Waals surface area contributed by atoms with Crippen molar-refractivity contribution in [1.29, 1.82) is 0 Å². The molecule has 0 saturated heterocycles. The molecule has 0 amide bonds. The summed E-state index contributed by atoms with van der Waals surface area (Å²) in [5.74, 6) is 1.61. The Labute approximate surface area is 236 Å². The normalized spacial score (nSPS) is 11.2. The third-order valence-electron chi connectivity index (χ3n) is 7.18. The van der Waals surface area contributed by atoms with Crippen molar-refractivity contribution in [2.45, 2.75) is 45.9 Å². The molecule has 1 aromatic heterocycles. The molecule has 40 heavy (non-hydrogen) atoms. The molecular weight excluding hydrogens is 497 g/mol. The second kappa shape index (κ2) is 13.2. The van der Waals surface area contributed by atoms with Crippen molar-refractivity contribution in [3.63, 3.8) is 0 Å². The van der Waals surface area contributed by atoms with Crippen molar-refractivity contribution in [3.05, 3.63) is 132 Å². The highest BCUT2D eigenvalue weighted by molar-refractivity contribution is 5.68. The van der Waals surface area contributed by atoms with Crippen LogP contribution < -0.4 is 4.74 Å². The number of hydrogen-bond donors (Lipinski definition) is 0. The van der Waals surface area contributed by atoms with E-state index in [2.05, 4.69) is 77.1 Å². The van der Waals surface area contributed by atoms with E-state index < -0.39 is 0 Å². The van der Waals surface area contributed by atoms with E-state index >= 15 is 0 Å². The number of unbranched alkanes of at least 4 members (excludes halogenated alkanes) is 1. The second-order valence-corrected chi connectivity index (χ2v) is 10.1. The molecule has 0 spiro atoms. The molecule has 4 nitrogen and oxygen atoms in total. The van der Waals surface area contributed by atoms with Gasteiger partial charge in [0.15, 0.2) is 0 Å². The molecule has 0 radical (unpaired) electrons. The predicted octanol–water partition coefficient (Wildman–Crippen LogP) is 8.37. The van der Waals surface area contributed by atoms with Gasteiger partial charge in [0.05, 0.1) is 18.5 Å². The summed E-state index contributed by atoms with van der Waals surface area (Å²) in [6, 6.07) is 35.9. The van der Waals surface area contributed by atoms with E-state index in [4.69, 9.17) is 9.72 Å². The second-order valence-electron chi connectivity index (χ2n) is 10.1. The first-order valence-electron chi connectivity index (χ1n) is 13.9. The maximum absolute atomic E-state index is 14.9. The van der Waals surface area contributed by atoms with Gasteiger partial charge < -0.3 is 9.30 Å². The maximum atomic E-state index is 14.9. The predicted molar refractivity (Wildman–Crippen MR) is 160 cm³/mol. The number of imidazole rings is 1.